The zero-order valence-corrected chi connectivity index (χ0v) is 19.2. The van der Waals surface area contributed by atoms with Gasteiger partial charge in [0.25, 0.3) is 5.91 Å². The lowest BCUT2D eigenvalue weighted by Gasteiger charge is -2.10. The molecule has 5 heteroatoms. The Labute approximate surface area is 200 Å². The van der Waals surface area contributed by atoms with Crippen LogP contribution in [0.4, 0.5) is 5.69 Å². The molecule has 0 aliphatic carbocycles. The Morgan fingerprint density at radius 2 is 1.69 bits per heavy atom. The summed E-state index contributed by atoms with van der Waals surface area (Å²) in [5.74, 6) is 0.313. The van der Waals surface area contributed by atoms with Gasteiger partial charge in [-0.15, -0.1) is 0 Å². The van der Waals surface area contributed by atoms with Gasteiger partial charge in [0.05, 0.1) is 3.57 Å². The van der Waals surface area contributed by atoms with Crippen LogP contribution in [0.1, 0.15) is 11.1 Å². The van der Waals surface area contributed by atoms with Crippen LogP contribution < -0.4 is 10.1 Å². The maximum atomic E-state index is 12.4. The number of nitrogens with zero attached hydrogens (tertiary/aromatic N) is 1. The summed E-state index contributed by atoms with van der Waals surface area (Å²) in [5.41, 5.74) is 2.53. The predicted molar refractivity (Wildman–Crippen MR) is 136 cm³/mol. The first-order valence-electron chi connectivity index (χ1n) is 10.0. The number of nitrogens with one attached hydrogen (secondary N) is 1. The Kier molecular flexibility index (Phi) is 6.83. The van der Waals surface area contributed by atoms with E-state index < -0.39 is 5.91 Å². The van der Waals surface area contributed by atoms with Crippen molar-refractivity contribution in [2.24, 2.45) is 0 Å². The minimum atomic E-state index is -0.440. The van der Waals surface area contributed by atoms with Crippen LogP contribution in [0.3, 0.4) is 0 Å². The van der Waals surface area contributed by atoms with E-state index in [0.717, 1.165) is 20.4 Å². The number of amides is 1. The van der Waals surface area contributed by atoms with E-state index in [9.17, 15) is 10.1 Å². The number of halogens is 1. The first-order chi connectivity index (χ1) is 15.6. The standard InChI is InChI=1S/C27H19IN2O2/c28-25-16-19(14-23(17-29)27(31)30-24-8-2-1-3-9-24)11-13-26(25)32-18-20-10-12-21-6-4-5-7-22(21)15-20/h1-16H,18H2,(H,30,31)/b23-14-. The average Bonchev–Trinajstić information content (AvgIpc) is 2.82. The van der Waals surface area contributed by atoms with Crippen molar-refractivity contribution >= 4 is 51.0 Å². The molecule has 0 fully saturated rings. The molecule has 0 radical (unpaired) electrons. The van der Waals surface area contributed by atoms with Crippen LogP contribution >= 0.6 is 22.6 Å². The van der Waals surface area contributed by atoms with Crippen molar-refractivity contribution in [3.63, 3.8) is 0 Å². The van der Waals surface area contributed by atoms with E-state index in [1.165, 1.54) is 10.8 Å². The number of hydrogen-bond acceptors (Lipinski definition) is 3. The zero-order valence-electron chi connectivity index (χ0n) is 17.1. The second-order valence-electron chi connectivity index (χ2n) is 7.15. The van der Waals surface area contributed by atoms with Crippen molar-refractivity contribution in [2.75, 3.05) is 5.32 Å². The Hall–Kier alpha value is -3.63. The van der Waals surface area contributed by atoms with Crippen LogP contribution in [0.5, 0.6) is 5.75 Å². The molecule has 1 N–H and O–H groups in total. The summed E-state index contributed by atoms with van der Waals surface area (Å²) >= 11 is 2.20. The van der Waals surface area contributed by atoms with Gasteiger partial charge in [-0.2, -0.15) is 5.26 Å². The monoisotopic (exact) mass is 530 g/mol. The van der Waals surface area contributed by atoms with E-state index >= 15 is 0 Å². The van der Waals surface area contributed by atoms with E-state index in [4.69, 9.17) is 4.74 Å². The molecule has 32 heavy (non-hydrogen) atoms. The smallest absolute Gasteiger partial charge is 0.266 e. The molecule has 1 amide bonds. The van der Waals surface area contributed by atoms with Crippen LogP contribution in [0.2, 0.25) is 0 Å². The van der Waals surface area contributed by atoms with Crippen LogP contribution in [-0.2, 0) is 11.4 Å². The largest absolute Gasteiger partial charge is 0.488 e. The Morgan fingerprint density at radius 3 is 2.44 bits per heavy atom. The fourth-order valence-electron chi connectivity index (χ4n) is 3.25. The van der Waals surface area contributed by atoms with Gasteiger partial charge < -0.3 is 10.1 Å². The maximum Gasteiger partial charge on any atom is 0.266 e. The van der Waals surface area contributed by atoms with E-state index in [1.54, 1.807) is 18.2 Å². The number of carbonyl (C=O) groups is 1. The number of rotatable bonds is 6. The second kappa shape index (κ2) is 10.1. The SMILES string of the molecule is N#C/C(=C/c1ccc(OCc2ccc3ccccc3c2)c(I)c1)C(=O)Nc1ccccc1. The molecule has 4 rings (SSSR count). The number of hydrogen-bond donors (Lipinski definition) is 1. The fraction of sp³-hybridized carbons (Fsp3) is 0.0370. The normalized spacial score (nSPS) is 11.1. The number of nitriles is 1. The second-order valence-corrected chi connectivity index (χ2v) is 8.31. The van der Waals surface area contributed by atoms with Gasteiger partial charge in [-0.05, 0) is 80.9 Å². The third-order valence-electron chi connectivity index (χ3n) is 4.87. The molecule has 4 aromatic carbocycles. The quantitative estimate of drug-likeness (QED) is 0.174. The summed E-state index contributed by atoms with van der Waals surface area (Å²) < 4.78 is 6.91. The first-order valence-corrected chi connectivity index (χ1v) is 11.1. The molecular weight excluding hydrogens is 511 g/mol. The highest BCUT2D eigenvalue weighted by Gasteiger charge is 2.10. The number of fused-ring (bicyclic) bond motifs is 1. The Bertz CT molecular complexity index is 1340. The summed E-state index contributed by atoms with van der Waals surface area (Å²) in [7, 11) is 0. The van der Waals surface area contributed by atoms with Crippen LogP contribution in [0.25, 0.3) is 16.8 Å². The molecule has 0 bridgehead atoms. The van der Waals surface area contributed by atoms with Crippen molar-refractivity contribution < 1.29 is 9.53 Å². The number of anilines is 1. The first kappa shape index (κ1) is 21.6. The maximum absolute atomic E-state index is 12.4. The number of ether oxygens (including phenoxy) is 1. The fourth-order valence-corrected chi connectivity index (χ4v) is 3.94. The van der Waals surface area contributed by atoms with Crippen LogP contribution in [-0.4, -0.2) is 5.91 Å². The van der Waals surface area contributed by atoms with E-state index in [-0.39, 0.29) is 5.57 Å². The van der Waals surface area contributed by atoms with Gasteiger partial charge in [0.15, 0.2) is 0 Å². The van der Waals surface area contributed by atoms with Crippen LogP contribution in [0, 0.1) is 14.9 Å². The Balaban J connectivity index is 1.45. The molecule has 0 heterocycles. The molecule has 0 unspecified atom stereocenters. The van der Waals surface area contributed by atoms with E-state index in [2.05, 4.69) is 58.2 Å². The van der Waals surface area contributed by atoms with Crippen molar-refractivity contribution in [3.05, 3.63) is 111 Å². The molecule has 0 aromatic heterocycles. The lowest BCUT2D eigenvalue weighted by molar-refractivity contribution is -0.112. The molecule has 0 aliphatic rings. The van der Waals surface area contributed by atoms with Gasteiger partial charge in [-0.3, -0.25) is 4.79 Å². The topological polar surface area (TPSA) is 62.1 Å². The van der Waals surface area contributed by atoms with Crippen LogP contribution in [0.15, 0.2) is 96.6 Å². The lowest BCUT2D eigenvalue weighted by atomic mass is 10.1. The molecular formula is C27H19IN2O2. The molecule has 0 aliphatic heterocycles. The third kappa shape index (κ3) is 5.34. The predicted octanol–water partition coefficient (Wildman–Crippen LogP) is 6.57. The summed E-state index contributed by atoms with van der Waals surface area (Å²) in [6.07, 6.45) is 1.58. The van der Waals surface area contributed by atoms with Gasteiger partial charge in [0.2, 0.25) is 0 Å². The molecule has 0 spiro atoms. The number of para-hydroxylation sites is 1. The minimum absolute atomic E-state index is 0.0366. The summed E-state index contributed by atoms with van der Waals surface area (Å²) in [5, 5.41) is 14.6. The van der Waals surface area contributed by atoms with Gasteiger partial charge in [-0.25, -0.2) is 0 Å². The minimum Gasteiger partial charge on any atom is -0.488 e. The van der Waals surface area contributed by atoms with Gasteiger partial charge in [0.1, 0.15) is 24.0 Å². The van der Waals surface area contributed by atoms with Gasteiger partial charge >= 0.3 is 0 Å². The van der Waals surface area contributed by atoms with Gasteiger partial charge in [0, 0.05) is 5.69 Å². The highest BCUT2D eigenvalue weighted by molar-refractivity contribution is 14.1. The van der Waals surface area contributed by atoms with Crippen molar-refractivity contribution in [2.45, 2.75) is 6.61 Å². The number of benzene rings is 4. The highest BCUT2D eigenvalue weighted by atomic mass is 127. The molecule has 156 valence electrons. The summed E-state index contributed by atoms with van der Waals surface area (Å²) in [6, 6.07) is 31.2. The van der Waals surface area contributed by atoms with Crippen molar-refractivity contribution in [3.8, 4) is 11.8 Å². The lowest BCUT2D eigenvalue weighted by Crippen LogP contribution is -2.13. The molecule has 0 atom stereocenters. The average molecular weight is 530 g/mol. The molecule has 4 aromatic rings. The Morgan fingerprint density at radius 1 is 0.938 bits per heavy atom. The van der Waals surface area contributed by atoms with Crippen molar-refractivity contribution in [1.29, 1.82) is 5.26 Å². The molecule has 4 nitrogen and oxygen atoms in total. The van der Waals surface area contributed by atoms with Gasteiger partial charge in [-0.1, -0.05) is 60.7 Å². The number of carbonyl (C=O) groups excluding carboxylic acids is 1. The summed E-state index contributed by atoms with van der Waals surface area (Å²) in [6.45, 7) is 0.457. The zero-order chi connectivity index (χ0) is 22.3. The van der Waals surface area contributed by atoms with Crippen molar-refractivity contribution in [1.82, 2.24) is 0 Å². The van der Waals surface area contributed by atoms with E-state index in [1.807, 2.05) is 54.6 Å². The third-order valence-corrected chi connectivity index (χ3v) is 5.71. The molecule has 0 saturated heterocycles. The molecule has 0 saturated carbocycles. The highest BCUT2D eigenvalue weighted by Crippen LogP contribution is 2.25. The van der Waals surface area contributed by atoms with E-state index in [0.29, 0.717) is 12.3 Å². The summed E-state index contributed by atoms with van der Waals surface area (Å²) in [4.78, 5) is 12.4.